The van der Waals surface area contributed by atoms with E-state index in [9.17, 15) is 14.7 Å². The van der Waals surface area contributed by atoms with Crippen LogP contribution in [-0.4, -0.2) is 65.6 Å². The number of carbonyl (C=O) groups is 2. The van der Waals surface area contributed by atoms with E-state index in [1.54, 1.807) is 11.8 Å². The topological polar surface area (TPSA) is 99.1 Å². The van der Waals surface area contributed by atoms with Crippen molar-refractivity contribution in [2.45, 2.75) is 25.4 Å². The molecule has 0 aromatic rings. The van der Waals surface area contributed by atoms with Gasteiger partial charge in [0.15, 0.2) is 0 Å². The molecule has 0 radical (unpaired) electrons. The zero-order valence-electron chi connectivity index (χ0n) is 10.5. The number of aliphatic carboxylic acids is 1. The van der Waals surface area contributed by atoms with Crippen LogP contribution in [0.5, 0.6) is 0 Å². The number of carboxylic acid groups (broad SMARTS) is 1. The van der Waals surface area contributed by atoms with E-state index in [1.165, 1.54) is 0 Å². The van der Waals surface area contributed by atoms with E-state index >= 15 is 0 Å². The fourth-order valence-electron chi connectivity index (χ4n) is 1.69. The number of carbonyl (C=O) groups excluding carboxylic acids is 1. The minimum atomic E-state index is -1.03. The Morgan fingerprint density at radius 1 is 1.39 bits per heavy atom. The summed E-state index contributed by atoms with van der Waals surface area (Å²) in [4.78, 5) is 23.5. The van der Waals surface area contributed by atoms with Crippen molar-refractivity contribution in [3.05, 3.63) is 0 Å². The van der Waals surface area contributed by atoms with Crippen LogP contribution in [0.2, 0.25) is 0 Å². The van der Waals surface area contributed by atoms with Gasteiger partial charge in [0.2, 0.25) is 0 Å². The first-order valence-electron chi connectivity index (χ1n) is 5.95. The molecule has 0 unspecified atom stereocenters. The highest BCUT2D eigenvalue weighted by Gasteiger charge is 2.29. The van der Waals surface area contributed by atoms with E-state index in [0.29, 0.717) is 25.9 Å². The third kappa shape index (κ3) is 5.33. The minimum absolute atomic E-state index is 0.170. The Labute approximate surface area is 106 Å². The maximum absolute atomic E-state index is 11.7. The van der Waals surface area contributed by atoms with Gasteiger partial charge in [0.05, 0.1) is 12.2 Å². The summed E-state index contributed by atoms with van der Waals surface area (Å²) < 4.78 is 4.79. The number of rotatable bonds is 5. The monoisotopic (exact) mass is 260 g/mol. The molecule has 7 nitrogen and oxygen atoms in total. The van der Waals surface area contributed by atoms with Gasteiger partial charge in [-0.1, -0.05) is 0 Å². The highest BCUT2D eigenvalue weighted by Crippen LogP contribution is 2.20. The van der Waals surface area contributed by atoms with Gasteiger partial charge >= 0.3 is 12.0 Å². The Balaban J connectivity index is 2.12. The van der Waals surface area contributed by atoms with Gasteiger partial charge in [0.1, 0.15) is 6.61 Å². The molecule has 1 rings (SSSR count). The largest absolute Gasteiger partial charge is 0.480 e. The highest BCUT2D eigenvalue weighted by molar-refractivity contribution is 5.74. The van der Waals surface area contributed by atoms with Crippen molar-refractivity contribution in [1.29, 1.82) is 0 Å². The van der Waals surface area contributed by atoms with Crippen LogP contribution in [0, 0.1) is 0 Å². The first-order chi connectivity index (χ1) is 8.41. The van der Waals surface area contributed by atoms with E-state index in [-0.39, 0.29) is 25.8 Å². The van der Waals surface area contributed by atoms with Crippen molar-refractivity contribution in [3.63, 3.8) is 0 Å². The molecule has 2 amide bonds. The maximum Gasteiger partial charge on any atom is 0.329 e. The van der Waals surface area contributed by atoms with Crippen LogP contribution in [0.1, 0.15) is 19.8 Å². The molecule has 7 heteroatoms. The standard InChI is InChI=1S/C11H20N2O5/c1-11(17)2-5-13(6-3-11)10(16)12-4-7-18-8-9(14)15/h17H,2-8H2,1H3,(H,12,16)(H,14,15). The van der Waals surface area contributed by atoms with Crippen molar-refractivity contribution in [2.24, 2.45) is 0 Å². The number of amides is 2. The van der Waals surface area contributed by atoms with E-state index in [1.807, 2.05) is 0 Å². The van der Waals surface area contributed by atoms with E-state index < -0.39 is 11.6 Å². The molecule has 0 bridgehead atoms. The first kappa shape index (κ1) is 14.7. The summed E-state index contributed by atoms with van der Waals surface area (Å²) in [5, 5.41) is 20.7. The zero-order valence-corrected chi connectivity index (χ0v) is 10.5. The lowest BCUT2D eigenvalue weighted by molar-refractivity contribution is -0.142. The fraction of sp³-hybridized carbons (Fsp3) is 0.818. The van der Waals surface area contributed by atoms with Gasteiger partial charge in [-0.05, 0) is 19.8 Å². The van der Waals surface area contributed by atoms with E-state index in [4.69, 9.17) is 9.84 Å². The zero-order chi connectivity index (χ0) is 13.6. The molecule has 0 aromatic carbocycles. The number of ether oxygens (including phenoxy) is 1. The average Bonchev–Trinajstić information content (AvgIpc) is 2.27. The normalized spacial score (nSPS) is 18.4. The van der Waals surface area contributed by atoms with Crippen LogP contribution in [0.3, 0.4) is 0 Å². The molecule has 18 heavy (non-hydrogen) atoms. The lowest BCUT2D eigenvalue weighted by atomic mass is 9.94. The summed E-state index contributed by atoms with van der Waals surface area (Å²) in [6, 6.07) is -0.204. The Morgan fingerprint density at radius 2 is 2.00 bits per heavy atom. The third-order valence-electron chi connectivity index (χ3n) is 2.88. The molecule has 104 valence electrons. The minimum Gasteiger partial charge on any atom is -0.480 e. The smallest absolute Gasteiger partial charge is 0.329 e. The SMILES string of the molecule is CC1(O)CCN(C(=O)NCCOCC(=O)O)CC1. The fourth-order valence-corrected chi connectivity index (χ4v) is 1.69. The third-order valence-corrected chi connectivity index (χ3v) is 2.88. The van der Waals surface area contributed by atoms with Gasteiger partial charge in [0, 0.05) is 19.6 Å². The second kappa shape index (κ2) is 6.55. The van der Waals surface area contributed by atoms with Crippen LogP contribution < -0.4 is 5.32 Å². The molecule has 1 heterocycles. The lowest BCUT2D eigenvalue weighted by Gasteiger charge is -2.35. The van der Waals surface area contributed by atoms with Gasteiger partial charge in [0.25, 0.3) is 0 Å². The second-order valence-corrected chi connectivity index (χ2v) is 4.66. The molecular weight excluding hydrogens is 240 g/mol. The van der Waals surface area contributed by atoms with Crippen molar-refractivity contribution in [2.75, 3.05) is 32.8 Å². The van der Waals surface area contributed by atoms with Crippen molar-refractivity contribution < 1.29 is 24.5 Å². The van der Waals surface area contributed by atoms with Gasteiger partial charge in [-0.2, -0.15) is 0 Å². The average molecular weight is 260 g/mol. The second-order valence-electron chi connectivity index (χ2n) is 4.66. The van der Waals surface area contributed by atoms with E-state index in [2.05, 4.69) is 5.32 Å². The number of hydrogen-bond acceptors (Lipinski definition) is 4. The van der Waals surface area contributed by atoms with E-state index in [0.717, 1.165) is 0 Å². The molecule has 0 spiro atoms. The number of nitrogens with one attached hydrogen (secondary N) is 1. The predicted molar refractivity (Wildman–Crippen MR) is 63.3 cm³/mol. The number of carboxylic acids is 1. The summed E-state index contributed by atoms with van der Waals surface area (Å²) >= 11 is 0. The van der Waals surface area contributed by atoms with Gasteiger partial charge in [-0.3, -0.25) is 0 Å². The Bertz CT molecular complexity index is 296. The predicted octanol–water partition coefficient (Wildman–Crippen LogP) is -0.356. The number of piperidine rings is 1. The molecule has 0 aromatic heterocycles. The van der Waals surface area contributed by atoms with Crippen molar-refractivity contribution in [1.82, 2.24) is 10.2 Å². The van der Waals surface area contributed by atoms with Crippen LogP contribution in [0.25, 0.3) is 0 Å². The molecule has 1 fully saturated rings. The molecule has 3 N–H and O–H groups in total. The van der Waals surface area contributed by atoms with Crippen LogP contribution in [-0.2, 0) is 9.53 Å². The highest BCUT2D eigenvalue weighted by atomic mass is 16.5. The first-order valence-corrected chi connectivity index (χ1v) is 5.95. The summed E-state index contributed by atoms with van der Waals surface area (Å²) in [5.41, 5.74) is -0.679. The van der Waals surface area contributed by atoms with Gasteiger partial charge < -0.3 is 25.2 Å². The summed E-state index contributed by atoms with van der Waals surface area (Å²) in [5.74, 6) is -1.03. The number of nitrogens with zero attached hydrogens (tertiary/aromatic N) is 1. The quantitative estimate of drug-likeness (QED) is 0.586. The van der Waals surface area contributed by atoms with Crippen molar-refractivity contribution >= 4 is 12.0 Å². The molecule has 0 aliphatic carbocycles. The van der Waals surface area contributed by atoms with Crippen LogP contribution in [0.4, 0.5) is 4.79 Å². The molecule has 1 aliphatic rings. The molecule has 0 saturated carbocycles. The number of urea groups is 1. The van der Waals surface area contributed by atoms with Crippen molar-refractivity contribution in [3.8, 4) is 0 Å². The maximum atomic E-state index is 11.7. The Kier molecular flexibility index (Phi) is 5.36. The van der Waals surface area contributed by atoms with Crippen LogP contribution in [0.15, 0.2) is 0 Å². The molecule has 1 saturated heterocycles. The van der Waals surface area contributed by atoms with Gasteiger partial charge in [-0.25, -0.2) is 9.59 Å². The van der Waals surface area contributed by atoms with Crippen LogP contribution >= 0.6 is 0 Å². The molecular formula is C11H20N2O5. The Morgan fingerprint density at radius 3 is 2.56 bits per heavy atom. The van der Waals surface area contributed by atoms with Gasteiger partial charge in [-0.15, -0.1) is 0 Å². The lowest BCUT2D eigenvalue weighted by Crippen LogP contribution is -2.49. The summed E-state index contributed by atoms with van der Waals surface area (Å²) in [6.07, 6.45) is 1.13. The summed E-state index contributed by atoms with van der Waals surface area (Å²) in [7, 11) is 0. The number of hydrogen-bond donors (Lipinski definition) is 3. The number of likely N-dealkylation sites (tertiary alicyclic amines) is 1. The Hall–Kier alpha value is -1.34. The number of aliphatic hydroxyl groups is 1. The molecule has 1 aliphatic heterocycles. The molecule has 0 atom stereocenters. The summed E-state index contributed by atoms with van der Waals surface area (Å²) in [6.45, 7) is 2.90.